The predicted octanol–water partition coefficient (Wildman–Crippen LogP) is 0.356. The first-order valence-electron chi connectivity index (χ1n) is 2.21. The Kier molecular flexibility index (Phi) is 3.19. The molecule has 0 aromatic rings. The van der Waals surface area contributed by atoms with Gasteiger partial charge in [-0.2, -0.15) is 0 Å². The molecule has 0 aliphatic carbocycles. The third-order valence-electron chi connectivity index (χ3n) is 0.783. The van der Waals surface area contributed by atoms with Gasteiger partial charge in [-0.1, -0.05) is 0 Å². The maximum atomic E-state index is 10.4. The lowest BCUT2D eigenvalue weighted by Crippen LogP contribution is -2.19. The van der Waals surface area contributed by atoms with Crippen LogP contribution in [0.4, 0.5) is 0 Å². The highest BCUT2D eigenvalue weighted by Gasteiger charge is 2.09. The van der Waals surface area contributed by atoms with Gasteiger partial charge in [0.1, 0.15) is 0 Å². The van der Waals surface area contributed by atoms with E-state index in [2.05, 4.69) is 16.6 Å². The first kappa shape index (κ1) is 7.43. The molecule has 0 saturated heterocycles. The van der Waals surface area contributed by atoms with Crippen molar-refractivity contribution in [1.82, 2.24) is 0 Å². The van der Waals surface area contributed by atoms with Crippen LogP contribution in [-0.4, -0.2) is 19.2 Å². The first-order chi connectivity index (χ1) is 3.72. The lowest BCUT2D eigenvalue weighted by atomic mass is 10.4. The van der Waals surface area contributed by atoms with E-state index in [1.54, 1.807) is 6.92 Å². The molecule has 0 aliphatic rings. The zero-order valence-corrected chi connectivity index (χ0v) is 5.01. The van der Waals surface area contributed by atoms with Gasteiger partial charge in [0.2, 0.25) is 0 Å². The highest BCUT2D eigenvalue weighted by molar-refractivity contribution is 5.73. The maximum absolute atomic E-state index is 10.4. The van der Waals surface area contributed by atoms with Gasteiger partial charge in [-0.15, -0.1) is 0 Å². The minimum Gasteiger partial charge on any atom is -0.467 e. The van der Waals surface area contributed by atoms with Gasteiger partial charge in [0, 0.05) is 0 Å². The van der Waals surface area contributed by atoms with E-state index in [1.165, 1.54) is 7.11 Å². The maximum Gasteiger partial charge on any atom is 0.334 e. The summed E-state index contributed by atoms with van der Waals surface area (Å²) in [5, 5.41) is 0. The summed E-state index contributed by atoms with van der Waals surface area (Å²) in [6.07, 6.45) is -0.556. The summed E-state index contributed by atoms with van der Waals surface area (Å²) in [5.74, 6) is -0.403. The molecule has 1 atom stereocenters. The molecule has 0 amide bonds. The molecule has 47 valence electrons. The van der Waals surface area contributed by atoms with Crippen molar-refractivity contribution in [1.29, 1.82) is 0 Å². The molecular weight excluding hydrogens is 108 g/mol. The summed E-state index contributed by atoms with van der Waals surface area (Å²) in [6, 6.07) is 0. The molecule has 0 N–H and O–H groups in total. The zero-order chi connectivity index (χ0) is 6.57. The zero-order valence-electron chi connectivity index (χ0n) is 5.01. The van der Waals surface area contributed by atoms with E-state index in [1.807, 2.05) is 0 Å². The third kappa shape index (κ3) is 1.93. The van der Waals surface area contributed by atoms with E-state index < -0.39 is 12.1 Å². The van der Waals surface area contributed by atoms with Crippen LogP contribution in [0.3, 0.4) is 0 Å². The number of carbonyl (C=O) groups is 1. The fourth-order valence-electron chi connectivity index (χ4n) is 0.234. The fourth-order valence-corrected chi connectivity index (χ4v) is 0.234. The molecule has 0 saturated carbocycles. The summed E-state index contributed by atoms with van der Waals surface area (Å²) in [5.41, 5.74) is 0. The predicted molar refractivity (Wildman–Crippen MR) is 27.9 cm³/mol. The molecule has 3 heteroatoms. The minimum absolute atomic E-state index is 0.403. The SMILES string of the molecule is [CH2]OC(C)C(=O)OC. The summed E-state index contributed by atoms with van der Waals surface area (Å²) in [7, 11) is 4.36. The second-order valence-corrected chi connectivity index (χ2v) is 1.33. The molecule has 0 heterocycles. The Balaban J connectivity index is 3.46. The first-order valence-corrected chi connectivity index (χ1v) is 2.21. The van der Waals surface area contributed by atoms with Crippen molar-refractivity contribution < 1.29 is 14.3 Å². The molecule has 1 unspecified atom stereocenters. The summed E-state index contributed by atoms with van der Waals surface area (Å²) >= 11 is 0. The minimum atomic E-state index is -0.556. The highest BCUT2D eigenvalue weighted by Crippen LogP contribution is 1.89. The van der Waals surface area contributed by atoms with Crippen molar-refractivity contribution in [2.45, 2.75) is 13.0 Å². The van der Waals surface area contributed by atoms with Crippen molar-refractivity contribution >= 4 is 5.97 Å². The van der Waals surface area contributed by atoms with Crippen molar-refractivity contribution in [3.05, 3.63) is 7.11 Å². The smallest absolute Gasteiger partial charge is 0.334 e. The Labute approximate surface area is 48.6 Å². The van der Waals surface area contributed by atoms with E-state index in [0.29, 0.717) is 0 Å². The Morgan fingerprint density at radius 3 is 2.38 bits per heavy atom. The number of esters is 1. The monoisotopic (exact) mass is 117 g/mol. The molecule has 0 aromatic carbocycles. The van der Waals surface area contributed by atoms with Gasteiger partial charge in [0.25, 0.3) is 0 Å². The number of rotatable bonds is 2. The van der Waals surface area contributed by atoms with Crippen molar-refractivity contribution in [2.24, 2.45) is 0 Å². The van der Waals surface area contributed by atoms with Crippen LogP contribution in [-0.2, 0) is 14.3 Å². The van der Waals surface area contributed by atoms with Crippen LogP contribution in [0.25, 0.3) is 0 Å². The summed E-state index contributed by atoms with van der Waals surface area (Å²) in [6.45, 7) is 1.57. The molecule has 8 heavy (non-hydrogen) atoms. The van der Waals surface area contributed by atoms with Crippen LogP contribution < -0.4 is 0 Å². The van der Waals surface area contributed by atoms with E-state index in [0.717, 1.165) is 0 Å². The van der Waals surface area contributed by atoms with Gasteiger partial charge in [-0.25, -0.2) is 4.79 Å². The van der Waals surface area contributed by atoms with Crippen molar-refractivity contribution in [3.8, 4) is 0 Å². The van der Waals surface area contributed by atoms with E-state index in [9.17, 15) is 4.79 Å². The molecule has 0 spiro atoms. The highest BCUT2D eigenvalue weighted by atomic mass is 16.6. The summed E-state index contributed by atoms with van der Waals surface area (Å²) < 4.78 is 8.68. The fraction of sp³-hybridized carbons (Fsp3) is 0.600. The Hall–Kier alpha value is -0.570. The second-order valence-electron chi connectivity index (χ2n) is 1.33. The number of carbonyl (C=O) groups excluding carboxylic acids is 1. The largest absolute Gasteiger partial charge is 0.467 e. The molecule has 1 radical (unpaired) electrons. The number of ether oxygens (including phenoxy) is 2. The standard InChI is InChI=1S/C5H9O3/c1-4(7-2)5(6)8-3/h4H,2H2,1,3H3. The average molecular weight is 117 g/mol. The van der Waals surface area contributed by atoms with Gasteiger partial charge in [-0.3, -0.25) is 0 Å². The van der Waals surface area contributed by atoms with Gasteiger partial charge < -0.3 is 9.47 Å². The van der Waals surface area contributed by atoms with E-state index in [4.69, 9.17) is 0 Å². The van der Waals surface area contributed by atoms with Gasteiger partial charge in [0.05, 0.1) is 14.2 Å². The number of hydrogen-bond donors (Lipinski definition) is 0. The molecule has 0 rings (SSSR count). The molecule has 0 aliphatic heterocycles. The lowest BCUT2D eigenvalue weighted by molar-refractivity contribution is -0.149. The molecular formula is C5H9O3. The van der Waals surface area contributed by atoms with Crippen LogP contribution in [0.2, 0.25) is 0 Å². The second kappa shape index (κ2) is 3.43. The van der Waals surface area contributed by atoms with Crippen molar-refractivity contribution in [2.75, 3.05) is 7.11 Å². The molecule has 0 fully saturated rings. The molecule has 0 bridgehead atoms. The Bertz CT molecular complexity index is 79.7. The summed E-state index contributed by atoms with van der Waals surface area (Å²) in [4.78, 5) is 10.4. The van der Waals surface area contributed by atoms with Crippen LogP contribution in [0.15, 0.2) is 0 Å². The Morgan fingerprint density at radius 1 is 1.75 bits per heavy atom. The van der Waals surface area contributed by atoms with Crippen LogP contribution in [0.1, 0.15) is 6.92 Å². The lowest BCUT2D eigenvalue weighted by Gasteiger charge is -2.03. The van der Waals surface area contributed by atoms with Gasteiger partial charge >= 0.3 is 5.97 Å². The van der Waals surface area contributed by atoms with Crippen molar-refractivity contribution in [3.63, 3.8) is 0 Å². The van der Waals surface area contributed by atoms with Gasteiger partial charge in [0.15, 0.2) is 6.10 Å². The quantitative estimate of drug-likeness (QED) is 0.490. The third-order valence-corrected chi connectivity index (χ3v) is 0.783. The van der Waals surface area contributed by atoms with Crippen LogP contribution in [0, 0.1) is 7.11 Å². The van der Waals surface area contributed by atoms with E-state index in [-0.39, 0.29) is 0 Å². The molecule has 0 aromatic heterocycles. The van der Waals surface area contributed by atoms with E-state index >= 15 is 0 Å². The Morgan fingerprint density at radius 2 is 2.25 bits per heavy atom. The molecule has 3 nitrogen and oxygen atoms in total. The normalized spacial score (nSPS) is 12.9. The van der Waals surface area contributed by atoms with Crippen LogP contribution in [0.5, 0.6) is 0 Å². The van der Waals surface area contributed by atoms with Crippen LogP contribution >= 0.6 is 0 Å². The number of methoxy groups -OCH3 is 1. The average Bonchev–Trinajstić information content (AvgIpc) is 1.84. The van der Waals surface area contributed by atoms with Gasteiger partial charge in [-0.05, 0) is 6.92 Å². The topological polar surface area (TPSA) is 35.5 Å². The number of hydrogen-bond acceptors (Lipinski definition) is 3.